The molecule has 1 aromatic rings. The molecule has 0 spiro atoms. The Labute approximate surface area is 583 Å². The number of nitrogens with one attached hydrogen (secondary N) is 5. The lowest BCUT2D eigenvalue weighted by Crippen LogP contribution is -2.59. The van der Waals surface area contributed by atoms with E-state index in [0.717, 1.165) is 43.2 Å². The molecule has 1 rings (SSSR count). The molecule has 0 aromatic carbocycles. The number of carbonyl (C=O) groups excluding carboxylic acids is 7. The normalized spacial score (nSPS) is 13.5. The van der Waals surface area contributed by atoms with E-state index in [4.69, 9.17) is 32.4 Å². The lowest BCUT2D eigenvalue weighted by atomic mass is 10.0. The monoisotopic (exact) mass is 1390 g/mol. The number of carbonyl (C=O) groups is 9. The standard InChI is InChI=1S/C70H130N12O14S/c1-3-5-7-9-11-13-15-17-19-21-23-25-27-41-63(85)95-51-55(96-64(86)42-28-26-24-22-20-18-16-14-12-10-8-6-4-2)52-97-53-61(70(93)94)82-49-54(80-81-82)43-44-62(84)75-60(50-83)68(90)78-57(38-30-34-46-72)66(88)76-56(37-29-33-45-71)65(87)77-58(39-31-35-47-73)67(89)79-59(69(91)92)40-32-36-48-74/h49,55-61,83H,3-48,50-53,71-74H2,1-2H3,(H,75,84)(H,76,88)(H,77,87)(H,78,90)(H,79,89)(H,91,92)(H,93,94)/t55-,56-,57-,58-,59-,60-,61-/m0/s1. The van der Waals surface area contributed by atoms with Crippen molar-refractivity contribution in [2.24, 2.45) is 22.9 Å². The summed E-state index contributed by atoms with van der Waals surface area (Å²) in [7, 11) is 0. The van der Waals surface area contributed by atoms with E-state index in [9.17, 15) is 58.5 Å². The van der Waals surface area contributed by atoms with Gasteiger partial charge in [-0.3, -0.25) is 33.6 Å². The summed E-state index contributed by atoms with van der Waals surface area (Å²) in [5.41, 5.74) is 23.0. The highest BCUT2D eigenvalue weighted by atomic mass is 32.2. The number of nitrogens with two attached hydrogens (primary N) is 4. The van der Waals surface area contributed by atoms with Gasteiger partial charge in [-0.15, -0.1) is 5.10 Å². The minimum atomic E-state index is -1.53. The van der Waals surface area contributed by atoms with Crippen molar-refractivity contribution in [2.45, 2.75) is 326 Å². The summed E-state index contributed by atoms with van der Waals surface area (Å²) >= 11 is 1.19. The van der Waals surface area contributed by atoms with Crippen LogP contribution in [0.25, 0.3) is 0 Å². The zero-order chi connectivity index (χ0) is 71.5. The third-order valence-electron chi connectivity index (χ3n) is 17.2. The Morgan fingerprint density at radius 3 is 1.21 bits per heavy atom. The first-order chi connectivity index (χ1) is 47.0. The Hall–Kier alpha value is -5.48. The van der Waals surface area contributed by atoms with Gasteiger partial charge in [0.15, 0.2) is 6.04 Å². The summed E-state index contributed by atoms with van der Waals surface area (Å²) in [6.45, 7) is 4.64. The summed E-state index contributed by atoms with van der Waals surface area (Å²) in [5.74, 6) is -6.97. The quantitative estimate of drug-likeness (QED) is 0.0217. The summed E-state index contributed by atoms with van der Waals surface area (Å²) in [4.78, 5) is 120. The molecule has 0 aliphatic heterocycles. The van der Waals surface area contributed by atoms with E-state index >= 15 is 0 Å². The average molecular weight is 1400 g/mol. The van der Waals surface area contributed by atoms with E-state index in [-0.39, 0.29) is 94.2 Å². The molecule has 0 aliphatic rings. The van der Waals surface area contributed by atoms with Gasteiger partial charge in [-0.1, -0.05) is 173 Å². The molecular formula is C70H130N12O14S. The van der Waals surface area contributed by atoms with Crippen molar-refractivity contribution < 1.29 is 67.9 Å². The largest absolute Gasteiger partial charge is 0.480 e. The van der Waals surface area contributed by atoms with E-state index < -0.39 is 96.4 Å². The number of carboxylic acid groups (broad SMARTS) is 2. The van der Waals surface area contributed by atoms with Crippen LogP contribution in [-0.4, -0.2) is 171 Å². The minimum Gasteiger partial charge on any atom is -0.480 e. The number of thioether (sulfide) groups is 1. The zero-order valence-corrected chi connectivity index (χ0v) is 60.2. The number of aliphatic hydroxyl groups is 1. The molecule has 97 heavy (non-hydrogen) atoms. The van der Waals surface area contributed by atoms with Crippen LogP contribution in [0.15, 0.2) is 6.20 Å². The molecule has 0 fully saturated rings. The number of unbranched alkanes of at least 4 members (excludes halogenated alkanes) is 28. The number of ether oxygens (including phenoxy) is 2. The molecule has 5 amide bonds. The summed E-state index contributed by atoms with van der Waals surface area (Å²) in [6.07, 6.45) is 35.3. The number of hydrogen-bond donors (Lipinski definition) is 12. The molecule has 0 radical (unpaired) electrons. The fourth-order valence-electron chi connectivity index (χ4n) is 11.2. The highest BCUT2D eigenvalue weighted by Crippen LogP contribution is 2.20. The lowest BCUT2D eigenvalue weighted by molar-refractivity contribution is -0.157. The maximum absolute atomic E-state index is 14.1. The highest BCUT2D eigenvalue weighted by Gasteiger charge is 2.33. The van der Waals surface area contributed by atoms with Gasteiger partial charge in [-0.2, -0.15) is 11.8 Å². The number of nitrogens with zero attached hydrogens (tertiary/aromatic N) is 3. The lowest BCUT2D eigenvalue weighted by Gasteiger charge is -2.27. The highest BCUT2D eigenvalue weighted by molar-refractivity contribution is 7.99. The third kappa shape index (κ3) is 46.5. The number of esters is 2. The van der Waals surface area contributed by atoms with Crippen LogP contribution < -0.4 is 49.5 Å². The number of carboxylic acids is 2. The summed E-state index contributed by atoms with van der Waals surface area (Å²) in [6, 6.07) is -7.68. The summed E-state index contributed by atoms with van der Waals surface area (Å²) < 4.78 is 12.7. The first-order valence-corrected chi connectivity index (χ1v) is 38.3. The van der Waals surface area contributed by atoms with Gasteiger partial charge in [0, 0.05) is 43.4 Å². The van der Waals surface area contributed by atoms with Crippen LogP contribution in [0.5, 0.6) is 0 Å². The topological polar surface area (TPSA) is 428 Å². The fourth-order valence-corrected chi connectivity index (χ4v) is 12.3. The van der Waals surface area contributed by atoms with Crippen molar-refractivity contribution >= 4 is 65.2 Å². The number of aromatic nitrogens is 3. The van der Waals surface area contributed by atoms with Crippen molar-refractivity contribution in [2.75, 3.05) is 50.9 Å². The second kappa shape index (κ2) is 60.5. The van der Waals surface area contributed by atoms with Gasteiger partial charge in [0.2, 0.25) is 29.5 Å². The van der Waals surface area contributed by atoms with Crippen LogP contribution in [0.3, 0.4) is 0 Å². The maximum atomic E-state index is 14.1. The molecule has 1 aromatic heterocycles. The molecule has 0 unspecified atom stereocenters. The van der Waals surface area contributed by atoms with Crippen LogP contribution >= 0.6 is 11.8 Å². The van der Waals surface area contributed by atoms with Crippen LogP contribution in [0, 0.1) is 0 Å². The Kier molecular flexibility index (Phi) is 55.8. The molecular weight excluding hydrogens is 1260 g/mol. The Bertz CT molecular complexity index is 2270. The SMILES string of the molecule is CCCCCCCCCCCCCCCC(=O)OC[C@@H](CSC[C@@H](C(=O)O)n1cc(CCC(=O)N[C@@H](CO)C(=O)N[C@@H](CCCCN)C(=O)N[C@@H](CCCCN)C(=O)N[C@@H](CCCCN)C(=O)N[C@@H](CCCCN)C(=O)O)nn1)OC(=O)CCCCCCCCCCCCCCC. The Balaban J connectivity index is 3.02. The number of aryl methyl sites for hydroxylation is 1. The van der Waals surface area contributed by atoms with E-state index in [2.05, 4.69) is 50.7 Å². The molecule has 26 nitrogen and oxygen atoms in total. The molecule has 0 saturated heterocycles. The second-order valence-electron chi connectivity index (χ2n) is 25.9. The smallest absolute Gasteiger partial charge is 0.329 e. The molecule has 0 saturated carbocycles. The van der Waals surface area contributed by atoms with Gasteiger partial charge in [0.05, 0.1) is 12.3 Å². The van der Waals surface area contributed by atoms with E-state index in [1.165, 1.54) is 134 Å². The van der Waals surface area contributed by atoms with E-state index in [1.807, 2.05) is 0 Å². The van der Waals surface area contributed by atoms with Crippen LogP contribution in [0.2, 0.25) is 0 Å². The van der Waals surface area contributed by atoms with E-state index in [1.54, 1.807) is 0 Å². The number of hydrogen-bond acceptors (Lipinski definition) is 19. The fraction of sp³-hybridized carbons (Fsp3) is 0.843. The van der Waals surface area contributed by atoms with Gasteiger partial charge in [-0.25, -0.2) is 14.3 Å². The molecule has 0 aliphatic carbocycles. The van der Waals surface area contributed by atoms with Crippen molar-refractivity contribution in [3.05, 3.63) is 11.9 Å². The van der Waals surface area contributed by atoms with Crippen molar-refractivity contribution in [1.29, 1.82) is 0 Å². The maximum Gasteiger partial charge on any atom is 0.329 e. The van der Waals surface area contributed by atoms with Crippen molar-refractivity contribution in [3.63, 3.8) is 0 Å². The van der Waals surface area contributed by atoms with Gasteiger partial charge in [0.1, 0.15) is 42.9 Å². The minimum absolute atomic E-state index is 0.0268. The third-order valence-corrected chi connectivity index (χ3v) is 18.3. The predicted molar refractivity (Wildman–Crippen MR) is 380 cm³/mol. The average Bonchev–Trinajstić information content (AvgIpc) is 1.92. The molecule has 16 N–H and O–H groups in total. The van der Waals surface area contributed by atoms with E-state index in [0.29, 0.717) is 77.3 Å². The number of rotatable bonds is 67. The van der Waals surface area contributed by atoms with Gasteiger partial charge < -0.3 is 74.3 Å². The van der Waals surface area contributed by atoms with Crippen molar-refractivity contribution in [1.82, 2.24) is 41.6 Å². The number of amides is 5. The molecule has 27 heteroatoms. The van der Waals surface area contributed by atoms with Crippen LogP contribution in [0.1, 0.15) is 289 Å². The molecule has 0 bridgehead atoms. The zero-order valence-electron chi connectivity index (χ0n) is 59.4. The van der Waals surface area contributed by atoms with Crippen LogP contribution in [-0.2, 0) is 59.0 Å². The molecule has 560 valence electrons. The molecule has 1 heterocycles. The second-order valence-corrected chi connectivity index (χ2v) is 27.0. The van der Waals surface area contributed by atoms with Crippen molar-refractivity contribution in [3.8, 4) is 0 Å². The first-order valence-electron chi connectivity index (χ1n) is 37.2. The number of aliphatic carboxylic acids is 2. The van der Waals surface area contributed by atoms with Crippen LogP contribution in [0.4, 0.5) is 0 Å². The summed E-state index contributed by atoms with van der Waals surface area (Å²) in [5, 5.41) is 51.6. The first kappa shape index (κ1) is 89.5. The van der Waals surface area contributed by atoms with Gasteiger partial charge >= 0.3 is 23.9 Å². The van der Waals surface area contributed by atoms with Gasteiger partial charge in [0.25, 0.3) is 0 Å². The Morgan fingerprint density at radius 2 is 0.825 bits per heavy atom. The molecule has 7 atom stereocenters. The number of aliphatic hydroxyl groups excluding tert-OH is 1. The predicted octanol–water partition coefficient (Wildman–Crippen LogP) is 8.00. The van der Waals surface area contributed by atoms with Gasteiger partial charge in [-0.05, 0) is 116 Å². The Morgan fingerprint density at radius 1 is 0.454 bits per heavy atom.